The van der Waals surface area contributed by atoms with E-state index >= 15 is 0 Å². The van der Waals surface area contributed by atoms with Gasteiger partial charge in [-0.3, -0.25) is 0 Å². The molecule has 1 aliphatic heterocycles. The molecule has 1 fully saturated rings. The first-order chi connectivity index (χ1) is 16.1. The molecule has 6 nitrogen and oxygen atoms in total. The van der Waals surface area contributed by atoms with Gasteiger partial charge in [-0.25, -0.2) is 9.78 Å². The number of carbonyl (C=O) groups excluding carboxylic acids is 1. The van der Waals surface area contributed by atoms with E-state index in [9.17, 15) is 4.79 Å². The van der Waals surface area contributed by atoms with Gasteiger partial charge in [-0.05, 0) is 35.9 Å². The molecule has 5 rings (SSSR count). The molecule has 1 saturated heterocycles. The predicted octanol–water partition coefficient (Wildman–Crippen LogP) is 5.75. The number of nitrogens with one attached hydrogen (secondary N) is 1. The van der Waals surface area contributed by atoms with Crippen molar-refractivity contribution in [3.8, 4) is 0 Å². The monoisotopic (exact) mass is 479 g/mol. The van der Waals surface area contributed by atoms with Gasteiger partial charge in [0, 0.05) is 31.9 Å². The van der Waals surface area contributed by atoms with Gasteiger partial charge in [-0.1, -0.05) is 65.7 Å². The third-order valence-corrected chi connectivity index (χ3v) is 6.58. The zero-order valence-electron chi connectivity index (χ0n) is 17.9. The minimum absolute atomic E-state index is 0.147. The van der Waals surface area contributed by atoms with Gasteiger partial charge in [0.05, 0.1) is 27.6 Å². The van der Waals surface area contributed by atoms with Crippen molar-refractivity contribution in [1.82, 2.24) is 14.5 Å². The lowest BCUT2D eigenvalue weighted by Crippen LogP contribution is -2.50. The van der Waals surface area contributed by atoms with Crippen LogP contribution in [0.2, 0.25) is 10.0 Å². The summed E-state index contributed by atoms with van der Waals surface area (Å²) in [7, 11) is 0. The lowest BCUT2D eigenvalue weighted by atomic mass is 10.2. The number of imidazole rings is 1. The van der Waals surface area contributed by atoms with Gasteiger partial charge in [-0.2, -0.15) is 0 Å². The van der Waals surface area contributed by atoms with E-state index in [-0.39, 0.29) is 6.03 Å². The third-order valence-electron chi connectivity index (χ3n) is 5.84. The molecular weight excluding hydrogens is 457 g/mol. The van der Waals surface area contributed by atoms with Crippen molar-refractivity contribution >= 4 is 51.9 Å². The van der Waals surface area contributed by atoms with Crippen molar-refractivity contribution in [2.75, 3.05) is 36.4 Å². The maximum Gasteiger partial charge on any atom is 0.321 e. The van der Waals surface area contributed by atoms with Gasteiger partial charge < -0.3 is 19.7 Å². The molecule has 0 aliphatic carbocycles. The van der Waals surface area contributed by atoms with Crippen LogP contribution < -0.4 is 10.2 Å². The molecule has 4 aromatic rings. The molecule has 168 valence electrons. The zero-order chi connectivity index (χ0) is 22.8. The number of amides is 2. The van der Waals surface area contributed by atoms with E-state index in [1.165, 1.54) is 5.56 Å². The van der Waals surface area contributed by atoms with E-state index in [4.69, 9.17) is 28.2 Å². The molecule has 8 heteroatoms. The van der Waals surface area contributed by atoms with Crippen LogP contribution in [-0.2, 0) is 6.54 Å². The molecule has 0 atom stereocenters. The van der Waals surface area contributed by atoms with E-state index in [2.05, 4.69) is 45.1 Å². The summed E-state index contributed by atoms with van der Waals surface area (Å²) in [6.07, 6.45) is 0. The van der Waals surface area contributed by atoms with E-state index in [1.807, 2.05) is 29.2 Å². The smallest absolute Gasteiger partial charge is 0.321 e. The summed E-state index contributed by atoms with van der Waals surface area (Å²) in [6, 6.07) is 23.5. The first-order valence-corrected chi connectivity index (χ1v) is 11.6. The number of hydrogen-bond acceptors (Lipinski definition) is 3. The number of fused-ring (bicyclic) bond motifs is 1. The Kier molecular flexibility index (Phi) is 6.11. The van der Waals surface area contributed by atoms with Crippen molar-refractivity contribution in [2.45, 2.75) is 6.54 Å². The summed E-state index contributed by atoms with van der Waals surface area (Å²) >= 11 is 12.0. The summed E-state index contributed by atoms with van der Waals surface area (Å²) in [6.45, 7) is 3.35. The Bertz CT molecular complexity index is 1280. The van der Waals surface area contributed by atoms with Gasteiger partial charge >= 0.3 is 6.03 Å². The highest BCUT2D eigenvalue weighted by Gasteiger charge is 2.25. The topological polar surface area (TPSA) is 53.4 Å². The van der Waals surface area contributed by atoms with Crippen LogP contribution in [0, 0.1) is 0 Å². The summed E-state index contributed by atoms with van der Waals surface area (Å²) < 4.78 is 2.26. The Morgan fingerprint density at radius 2 is 1.61 bits per heavy atom. The molecule has 1 aliphatic rings. The van der Waals surface area contributed by atoms with Crippen molar-refractivity contribution in [3.05, 3.63) is 88.4 Å². The average Bonchev–Trinajstić information content (AvgIpc) is 3.20. The number of para-hydroxylation sites is 2. The Morgan fingerprint density at radius 1 is 0.879 bits per heavy atom. The van der Waals surface area contributed by atoms with Gasteiger partial charge in [-0.15, -0.1) is 0 Å². The Labute approximate surface area is 202 Å². The van der Waals surface area contributed by atoms with Gasteiger partial charge in [0.1, 0.15) is 0 Å². The highest BCUT2D eigenvalue weighted by molar-refractivity contribution is 6.42. The fourth-order valence-corrected chi connectivity index (χ4v) is 4.41. The number of piperazine rings is 1. The second-order valence-electron chi connectivity index (χ2n) is 8.01. The SMILES string of the molecule is O=C(Nc1ccc(Cl)c(Cl)c1)N1CCN(c2nc3ccccc3n2Cc2ccccc2)CC1. The number of hydrogen-bond donors (Lipinski definition) is 1. The zero-order valence-corrected chi connectivity index (χ0v) is 19.4. The number of benzene rings is 3. The van der Waals surface area contributed by atoms with Crippen LogP contribution in [0.25, 0.3) is 11.0 Å². The highest BCUT2D eigenvalue weighted by atomic mass is 35.5. The quantitative estimate of drug-likeness (QED) is 0.405. The standard InChI is InChI=1S/C25H23Cl2N5O/c26-20-11-10-19(16-21(20)27)28-25(33)31-14-12-30(13-15-31)24-29-22-8-4-5-9-23(22)32(24)17-18-6-2-1-3-7-18/h1-11,16H,12-15,17H2,(H,28,33). The molecule has 2 heterocycles. The predicted molar refractivity (Wildman–Crippen MR) is 135 cm³/mol. The number of nitrogens with zero attached hydrogens (tertiary/aromatic N) is 4. The Hall–Kier alpha value is -3.22. The molecule has 2 amide bonds. The third kappa shape index (κ3) is 4.63. The molecule has 33 heavy (non-hydrogen) atoms. The van der Waals surface area contributed by atoms with Crippen LogP contribution in [0.3, 0.4) is 0 Å². The van der Waals surface area contributed by atoms with Crippen LogP contribution >= 0.6 is 23.2 Å². The van der Waals surface area contributed by atoms with E-state index in [1.54, 1.807) is 18.2 Å². The van der Waals surface area contributed by atoms with Gasteiger partial charge in [0.2, 0.25) is 5.95 Å². The van der Waals surface area contributed by atoms with Crippen LogP contribution in [-0.4, -0.2) is 46.7 Å². The Morgan fingerprint density at radius 3 is 2.36 bits per heavy atom. The maximum absolute atomic E-state index is 12.8. The van der Waals surface area contributed by atoms with Crippen molar-refractivity contribution < 1.29 is 4.79 Å². The minimum atomic E-state index is -0.147. The second kappa shape index (κ2) is 9.33. The number of carbonyl (C=O) groups is 1. The number of aromatic nitrogens is 2. The molecular formula is C25H23Cl2N5O. The van der Waals surface area contributed by atoms with E-state index in [0.717, 1.165) is 23.5 Å². The number of rotatable bonds is 4. The average molecular weight is 480 g/mol. The molecule has 0 spiro atoms. The summed E-state index contributed by atoms with van der Waals surface area (Å²) in [4.78, 5) is 21.8. The first kappa shape index (κ1) is 21.6. The number of urea groups is 1. The van der Waals surface area contributed by atoms with Gasteiger partial charge in [0.25, 0.3) is 0 Å². The minimum Gasteiger partial charge on any atom is -0.339 e. The maximum atomic E-state index is 12.8. The molecule has 1 aromatic heterocycles. The lowest BCUT2D eigenvalue weighted by Gasteiger charge is -2.35. The largest absolute Gasteiger partial charge is 0.339 e. The first-order valence-electron chi connectivity index (χ1n) is 10.8. The normalized spacial score (nSPS) is 14.0. The summed E-state index contributed by atoms with van der Waals surface area (Å²) in [5.74, 6) is 0.935. The van der Waals surface area contributed by atoms with Crippen LogP contribution in [0.1, 0.15) is 5.56 Å². The molecule has 0 unspecified atom stereocenters. The highest BCUT2D eigenvalue weighted by Crippen LogP contribution is 2.27. The second-order valence-corrected chi connectivity index (χ2v) is 8.82. The fourth-order valence-electron chi connectivity index (χ4n) is 4.11. The fraction of sp³-hybridized carbons (Fsp3) is 0.200. The molecule has 1 N–H and O–H groups in total. The lowest BCUT2D eigenvalue weighted by molar-refractivity contribution is 0.208. The van der Waals surface area contributed by atoms with Gasteiger partial charge in [0.15, 0.2) is 0 Å². The van der Waals surface area contributed by atoms with Crippen LogP contribution in [0.5, 0.6) is 0 Å². The summed E-state index contributed by atoms with van der Waals surface area (Å²) in [5.41, 5.74) is 3.93. The van der Waals surface area contributed by atoms with Crippen molar-refractivity contribution in [1.29, 1.82) is 0 Å². The molecule has 3 aromatic carbocycles. The van der Waals surface area contributed by atoms with Crippen molar-refractivity contribution in [2.24, 2.45) is 0 Å². The van der Waals surface area contributed by atoms with Crippen molar-refractivity contribution in [3.63, 3.8) is 0 Å². The van der Waals surface area contributed by atoms with Crippen LogP contribution in [0.4, 0.5) is 16.4 Å². The van der Waals surface area contributed by atoms with E-state index in [0.29, 0.717) is 41.9 Å². The number of halogens is 2. The molecule has 0 bridgehead atoms. The number of anilines is 2. The summed E-state index contributed by atoms with van der Waals surface area (Å²) in [5, 5.41) is 3.78. The van der Waals surface area contributed by atoms with Crippen LogP contribution in [0.15, 0.2) is 72.8 Å². The van der Waals surface area contributed by atoms with E-state index < -0.39 is 0 Å². The molecule has 0 radical (unpaired) electrons. The molecule has 0 saturated carbocycles. The Balaban J connectivity index is 1.31.